The molecule has 1 aromatic heterocycles. The molecule has 1 aliphatic rings. The zero-order valence-corrected chi connectivity index (χ0v) is 15.3. The van der Waals surface area contributed by atoms with Gasteiger partial charge in [0.2, 0.25) is 10.0 Å². The molecular formula is C17H20FN3O5S. The van der Waals surface area contributed by atoms with Gasteiger partial charge in [0.15, 0.2) is 11.6 Å². The van der Waals surface area contributed by atoms with Crippen LogP contribution >= 0.6 is 0 Å². The van der Waals surface area contributed by atoms with Gasteiger partial charge in [-0.2, -0.15) is 4.31 Å². The molecule has 10 heteroatoms. The molecule has 0 bridgehead atoms. The minimum Gasteiger partial charge on any atom is -0.489 e. The molecule has 27 heavy (non-hydrogen) atoms. The highest BCUT2D eigenvalue weighted by molar-refractivity contribution is 7.89. The Morgan fingerprint density at radius 2 is 2.04 bits per heavy atom. The van der Waals surface area contributed by atoms with Gasteiger partial charge in [-0.15, -0.1) is 0 Å². The molecule has 0 atom stereocenters. The molecule has 1 aromatic carbocycles. The molecule has 0 unspecified atom stereocenters. The summed E-state index contributed by atoms with van der Waals surface area (Å²) in [5.74, 6) is -0.854. The first kappa shape index (κ1) is 19.3. The van der Waals surface area contributed by atoms with Gasteiger partial charge in [-0.25, -0.2) is 12.8 Å². The normalized spacial score (nSPS) is 15.4. The second-order valence-corrected chi connectivity index (χ2v) is 7.74. The van der Waals surface area contributed by atoms with Crippen LogP contribution in [0, 0.1) is 5.82 Å². The van der Waals surface area contributed by atoms with E-state index in [4.69, 9.17) is 9.47 Å². The number of H-pyrrole nitrogens is 1. The molecule has 0 spiro atoms. The molecule has 8 nitrogen and oxygen atoms in total. The molecule has 3 rings (SSSR count). The van der Waals surface area contributed by atoms with Crippen molar-refractivity contribution < 1.29 is 27.1 Å². The average molecular weight is 397 g/mol. The number of nitrogens with one attached hydrogen (secondary N) is 2. The minimum atomic E-state index is -3.66. The SMILES string of the molecule is O=C(NCCOc1ccccc1F)c1cc(S(=O)(=O)N2CCOCC2)c[nH]1. The highest BCUT2D eigenvalue weighted by Gasteiger charge is 2.27. The zero-order chi connectivity index (χ0) is 19.3. The molecule has 146 valence electrons. The van der Waals surface area contributed by atoms with Gasteiger partial charge >= 0.3 is 0 Å². The number of sulfonamides is 1. The second kappa shape index (κ2) is 8.51. The first-order valence-electron chi connectivity index (χ1n) is 8.40. The van der Waals surface area contributed by atoms with Crippen LogP contribution in [0.3, 0.4) is 0 Å². The quantitative estimate of drug-likeness (QED) is 0.679. The Bertz CT molecular complexity index is 893. The molecule has 1 saturated heterocycles. The number of aromatic nitrogens is 1. The standard InChI is InChI=1S/C17H20FN3O5S/c18-14-3-1-2-4-16(14)26-8-5-19-17(22)15-11-13(12-20-15)27(23,24)21-6-9-25-10-7-21/h1-4,11-12,20H,5-10H2,(H,19,22). The van der Waals surface area contributed by atoms with Crippen molar-refractivity contribution in [3.63, 3.8) is 0 Å². The van der Waals surface area contributed by atoms with E-state index in [9.17, 15) is 17.6 Å². The topological polar surface area (TPSA) is 101 Å². The summed E-state index contributed by atoms with van der Waals surface area (Å²) in [4.78, 5) is 14.8. The molecule has 1 amide bonds. The van der Waals surface area contributed by atoms with Crippen molar-refractivity contribution in [2.24, 2.45) is 0 Å². The fraction of sp³-hybridized carbons (Fsp3) is 0.353. The summed E-state index contributed by atoms with van der Waals surface area (Å²) in [5.41, 5.74) is 0.118. The molecule has 1 aliphatic heterocycles. The second-order valence-electron chi connectivity index (χ2n) is 5.80. The Morgan fingerprint density at radius 1 is 1.30 bits per heavy atom. The van der Waals surface area contributed by atoms with Crippen molar-refractivity contribution in [1.82, 2.24) is 14.6 Å². The van der Waals surface area contributed by atoms with E-state index < -0.39 is 21.7 Å². The van der Waals surface area contributed by atoms with E-state index in [1.165, 1.54) is 28.7 Å². The van der Waals surface area contributed by atoms with Crippen molar-refractivity contribution in [3.8, 4) is 5.75 Å². The summed E-state index contributed by atoms with van der Waals surface area (Å²) < 4.78 is 50.2. The molecule has 0 saturated carbocycles. The summed E-state index contributed by atoms with van der Waals surface area (Å²) in [5, 5.41) is 2.59. The van der Waals surface area contributed by atoms with Crippen molar-refractivity contribution in [2.45, 2.75) is 4.90 Å². The highest BCUT2D eigenvalue weighted by atomic mass is 32.2. The fourth-order valence-electron chi connectivity index (χ4n) is 2.57. The lowest BCUT2D eigenvalue weighted by molar-refractivity contribution is 0.0730. The van der Waals surface area contributed by atoms with Crippen molar-refractivity contribution in [3.05, 3.63) is 48.0 Å². The third-order valence-electron chi connectivity index (χ3n) is 3.99. The first-order chi connectivity index (χ1) is 13.0. The van der Waals surface area contributed by atoms with Crippen LogP contribution in [-0.2, 0) is 14.8 Å². The number of hydrogen-bond acceptors (Lipinski definition) is 5. The minimum absolute atomic E-state index is 0.0251. The number of morpholine rings is 1. The monoisotopic (exact) mass is 397 g/mol. The lowest BCUT2D eigenvalue weighted by Gasteiger charge is -2.25. The van der Waals surface area contributed by atoms with E-state index in [2.05, 4.69) is 10.3 Å². The summed E-state index contributed by atoms with van der Waals surface area (Å²) in [6.07, 6.45) is 1.29. The van der Waals surface area contributed by atoms with Crippen LogP contribution in [0.2, 0.25) is 0 Å². The van der Waals surface area contributed by atoms with Crippen LogP contribution in [0.4, 0.5) is 4.39 Å². The number of benzene rings is 1. The molecule has 2 N–H and O–H groups in total. The molecule has 2 heterocycles. The van der Waals surface area contributed by atoms with E-state index in [1.54, 1.807) is 12.1 Å². The Labute approximate surface area is 156 Å². The van der Waals surface area contributed by atoms with E-state index in [0.717, 1.165) is 0 Å². The number of aromatic amines is 1. The number of carbonyl (C=O) groups excluding carboxylic acids is 1. The van der Waals surface area contributed by atoms with Crippen LogP contribution in [0.25, 0.3) is 0 Å². The summed E-state index contributed by atoms with van der Waals surface area (Å²) >= 11 is 0. The molecule has 2 aromatic rings. The molecular weight excluding hydrogens is 377 g/mol. The maximum absolute atomic E-state index is 13.4. The number of rotatable bonds is 7. The first-order valence-corrected chi connectivity index (χ1v) is 9.84. The predicted octanol–water partition coefficient (Wildman–Crippen LogP) is 0.983. The van der Waals surface area contributed by atoms with E-state index in [-0.39, 0.29) is 42.6 Å². The van der Waals surface area contributed by atoms with Gasteiger partial charge in [0, 0.05) is 19.3 Å². The Balaban J connectivity index is 1.53. The third kappa shape index (κ3) is 4.65. The van der Waals surface area contributed by atoms with Gasteiger partial charge in [0.1, 0.15) is 17.2 Å². The molecule has 0 aliphatic carbocycles. The summed E-state index contributed by atoms with van der Waals surface area (Å²) in [6.45, 7) is 1.47. The predicted molar refractivity (Wildman–Crippen MR) is 94.6 cm³/mol. The van der Waals surface area contributed by atoms with Crippen LogP contribution < -0.4 is 10.1 Å². The highest BCUT2D eigenvalue weighted by Crippen LogP contribution is 2.18. The van der Waals surface area contributed by atoms with Crippen molar-refractivity contribution in [1.29, 1.82) is 0 Å². The number of nitrogens with zero attached hydrogens (tertiary/aromatic N) is 1. The van der Waals surface area contributed by atoms with Gasteiger partial charge in [0.25, 0.3) is 5.91 Å². The van der Waals surface area contributed by atoms with E-state index in [0.29, 0.717) is 13.2 Å². The van der Waals surface area contributed by atoms with Crippen molar-refractivity contribution in [2.75, 3.05) is 39.5 Å². The average Bonchev–Trinajstić information content (AvgIpc) is 3.18. The number of ether oxygens (including phenoxy) is 2. The van der Waals surface area contributed by atoms with Gasteiger partial charge in [-0.3, -0.25) is 4.79 Å². The summed E-state index contributed by atoms with van der Waals surface area (Å²) in [7, 11) is -3.66. The number of carbonyl (C=O) groups is 1. The van der Waals surface area contributed by atoms with Crippen LogP contribution in [-0.4, -0.2) is 63.1 Å². The fourth-order valence-corrected chi connectivity index (χ4v) is 3.98. The number of halogens is 1. The number of amides is 1. The van der Waals surface area contributed by atoms with Gasteiger partial charge in [-0.1, -0.05) is 12.1 Å². The van der Waals surface area contributed by atoms with Crippen LogP contribution in [0.15, 0.2) is 41.4 Å². The van der Waals surface area contributed by atoms with Crippen molar-refractivity contribution >= 4 is 15.9 Å². The van der Waals surface area contributed by atoms with Gasteiger partial charge in [-0.05, 0) is 18.2 Å². The lowest BCUT2D eigenvalue weighted by atomic mass is 10.3. The lowest BCUT2D eigenvalue weighted by Crippen LogP contribution is -2.40. The number of para-hydroxylation sites is 1. The zero-order valence-electron chi connectivity index (χ0n) is 14.5. The Morgan fingerprint density at radius 3 is 2.78 bits per heavy atom. The van der Waals surface area contributed by atoms with Crippen LogP contribution in [0.1, 0.15) is 10.5 Å². The Hall–Kier alpha value is -2.43. The maximum atomic E-state index is 13.4. The van der Waals surface area contributed by atoms with Gasteiger partial charge in [0.05, 0.1) is 19.8 Å². The molecule has 1 fully saturated rings. The third-order valence-corrected chi connectivity index (χ3v) is 5.87. The maximum Gasteiger partial charge on any atom is 0.267 e. The van der Waals surface area contributed by atoms with E-state index >= 15 is 0 Å². The van der Waals surface area contributed by atoms with E-state index in [1.807, 2.05) is 0 Å². The number of hydrogen-bond donors (Lipinski definition) is 2. The van der Waals surface area contributed by atoms with Crippen LogP contribution in [0.5, 0.6) is 5.75 Å². The van der Waals surface area contributed by atoms with Gasteiger partial charge < -0.3 is 19.8 Å². The molecule has 0 radical (unpaired) electrons. The summed E-state index contributed by atoms with van der Waals surface area (Å²) in [6, 6.07) is 7.26. The Kier molecular flexibility index (Phi) is 6.09. The smallest absolute Gasteiger partial charge is 0.267 e. The largest absolute Gasteiger partial charge is 0.489 e.